The molecule has 0 bridgehead atoms. The maximum atomic E-state index is 13.1. The number of rotatable bonds is 4. The topological polar surface area (TPSA) is 77.5 Å². The lowest BCUT2D eigenvalue weighted by molar-refractivity contribution is 0.0255. The van der Waals surface area contributed by atoms with Gasteiger partial charge in [-0.2, -0.15) is 0 Å². The van der Waals surface area contributed by atoms with Crippen molar-refractivity contribution in [1.82, 2.24) is 9.80 Å². The van der Waals surface area contributed by atoms with Gasteiger partial charge in [-0.15, -0.1) is 0 Å². The minimum atomic E-state index is -0.550. The summed E-state index contributed by atoms with van der Waals surface area (Å²) in [6.45, 7) is 7.41. The Morgan fingerprint density at radius 1 is 0.857 bits per heavy atom. The van der Waals surface area contributed by atoms with Crippen LogP contribution in [0.25, 0.3) is 0 Å². The molecule has 0 atom stereocenters. The summed E-state index contributed by atoms with van der Waals surface area (Å²) in [7, 11) is 4.51. The van der Waals surface area contributed by atoms with E-state index in [0.29, 0.717) is 55.4 Å². The second-order valence-corrected chi connectivity index (χ2v) is 7.50. The van der Waals surface area contributed by atoms with E-state index in [1.165, 1.54) is 21.3 Å². The van der Waals surface area contributed by atoms with Gasteiger partial charge in [0, 0.05) is 26.2 Å². The van der Waals surface area contributed by atoms with Crippen LogP contribution in [0.5, 0.6) is 17.2 Å². The Labute approximate surface area is 166 Å². The van der Waals surface area contributed by atoms with E-state index in [0.717, 1.165) is 0 Å². The van der Waals surface area contributed by atoms with Crippen LogP contribution in [0.1, 0.15) is 37.6 Å². The Balaban J connectivity index is 2.16. The van der Waals surface area contributed by atoms with Crippen molar-refractivity contribution < 1.29 is 28.5 Å². The smallest absolute Gasteiger partial charge is 0.410 e. The summed E-state index contributed by atoms with van der Waals surface area (Å²) >= 11 is 0. The third-order valence-electron chi connectivity index (χ3n) is 4.37. The summed E-state index contributed by atoms with van der Waals surface area (Å²) in [5.74, 6) is 1.02. The van der Waals surface area contributed by atoms with Crippen LogP contribution in [0.15, 0.2) is 12.1 Å². The van der Waals surface area contributed by atoms with E-state index in [1.807, 2.05) is 20.8 Å². The molecule has 1 aromatic carbocycles. The third kappa shape index (κ3) is 4.99. The number of hydrogen-bond donors (Lipinski definition) is 0. The van der Waals surface area contributed by atoms with Gasteiger partial charge in [0.2, 0.25) is 5.75 Å². The predicted molar refractivity (Wildman–Crippen MR) is 104 cm³/mol. The molecule has 8 nitrogen and oxygen atoms in total. The number of ether oxygens (including phenoxy) is 4. The number of carbonyl (C=O) groups is 2. The molecule has 156 valence electrons. The molecule has 1 saturated heterocycles. The maximum absolute atomic E-state index is 13.1. The lowest BCUT2D eigenvalue weighted by Crippen LogP contribution is -2.40. The van der Waals surface area contributed by atoms with Gasteiger partial charge in [-0.1, -0.05) is 0 Å². The second kappa shape index (κ2) is 9.03. The summed E-state index contributed by atoms with van der Waals surface area (Å²) in [6.07, 6.45) is 0.311. The van der Waals surface area contributed by atoms with Crippen molar-refractivity contribution in [2.24, 2.45) is 0 Å². The number of nitrogens with zero attached hydrogens (tertiary/aromatic N) is 2. The van der Waals surface area contributed by atoms with Crippen LogP contribution in [-0.4, -0.2) is 74.9 Å². The molecule has 0 saturated carbocycles. The van der Waals surface area contributed by atoms with Gasteiger partial charge in [-0.3, -0.25) is 4.79 Å². The fourth-order valence-electron chi connectivity index (χ4n) is 3.07. The summed E-state index contributed by atoms with van der Waals surface area (Å²) in [5.41, 5.74) is -0.155. The quantitative estimate of drug-likeness (QED) is 0.782. The molecule has 0 radical (unpaired) electrons. The highest BCUT2D eigenvalue weighted by molar-refractivity contribution is 5.98. The van der Waals surface area contributed by atoms with Crippen LogP contribution in [0.2, 0.25) is 0 Å². The van der Waals surface area contributed by atoms with Gasteiger partial charge in [0.25, 0.3) is 5.91 Å². The van der Waals surface area contributed by atoms with E-state index in [9.17, 15) is 9.59 Å². The molecule has 0 spiro atoms. The summed E-state index contributed by atoms with van der Waals surface area (Å²) in [6, 6.07) is 3.35. The SMILES string of the molecule is COc1ccc(C(=O)N2CCCN(C(=O)OC(C)(C)C)CC2)c(OC)c1OC. The van der Waals surface area contributed by atoms with Crippen molar-refractivity contribution in [3.05, 3.63) is 17.7 Å². The zero-order valence-electron chi connectivity index (χ0n) is 17.5. The highest BCUT2D eigenvalue weighted by Crippen LogP contribution is 2.40. The first-order valence-electron chi connectivity index (χ1n) is 9.28. The molecule has 1 heterocycles. The van der Waals surface area contributed by atoms with Crippen LogP contribution >= 0.6 is 0 Å². The van der Waals surface area contributed by atoms with E-state index >= 15 is 0 Å². The number of benzene rings is 1. The molecule has 1 aromatic rings. The van der Waals surface area contributed by atoms with Crippen molar-refractivity contribution >= 4 is 12.0 Å². The Morgan fingerprint density at radius 3 is 2.04 bits per heavy atom. The minimum Gasteiger partial charge on any atom is -0.493 e. The van der Waals surface area contributed by atoms with Gasteiger partial charge in [0.05, 0.1) is 26.9 Å². The van der Waals surface area contributed by atoms with Gasteiger partial charge < -0.3 is 28.7 Å². The number of hydrogen-bond acceptors (Lipinski definition) is 6. The van der Waals surface area contributed by atoms with Crippen LogP contribution in [0.3, 0.4) is 0 Å². The monoisotopic (exact) mass is 394 g/mol. The average Bonchev–Trinajstić information content (AvgIpc) is 2.91. The molecule has 0 unspecified atom stereocenters. The highest BCUT2D eigenvalue weighted by atomic mass is 16.6. The average molecular weight is 394 g/mol. The fourth-order valence-corrected chi connectivity index (χ4v) is 3.07. The van der Waals surface area contributed by atoms with Gasteiger partial charge in [-0.05, 0) is 39.3 Å². The molecule has 0 aromatic heterocycles. The Morgan fingerprint density at radius 2 is 1.46 bits per heavy atom. The Hall–Kier alpha value is -2.64. The molecule has 8 heteroatoms. The van der Waals surface area contributed by atoms with Crippen LogP contribution < -0.4 is 14.2 Å². The first-order valence-corrected chi connectivity index (χ1v) is 9.28. The first-order chi connectivity index (χ1) is 13.2. The molecule has 2 amide bonds. The standard InChI is InChI=1S/C20H30N2O6/c1-20(2,3)28-19(24)22-11-7-10-21(12-13-22)18(23)14-8-9-15(25-4)17(27-6)16(14)26-5/h8-9H,7,10-13H2,1-6H3. The van der Waals surface area contributed by atoms with Crippen molar-refractivity contribution in [2.45, 2.75) is 32.8 Å². The number of methoxy groups -OCH3 is 3. The summed E-state index contributed by atoms with van der Waals surface area (Å²) < 4.78 is 21.5. The van der Waals surface area contributed by atoms with Crippen LogP contribution in [0.4, 0.5) is 4.79 Å². The Kier molecular flexibility index (Phi) is 6.99. The molecular weight excluding hydrogens is 364 g/mol. The normalized spacial score (nSPS) is 14.9. The zero-order valence-corrected chi connectivity index (χ0v) is 17.5. The molecular formula is C20H30N2O6. The summed E-state index contributed by atoms with van der Waals surface area (Å²) in [5, 5.41) is 0. The highest BCUT2D eigenvalue weighted by Gasteiger charge is 2.28. The first kappa shape index (κ1) is 21.7. The second-order valence-electron chi connectivity index (χ2n) is 7.50. The van der Waals surface area contributed by atoms with Gasteiger partial charge in [0.1, 0.15) is 5.60 Å². The van der Waals surface area contributed by atoms with Crippen LogP contribution in [-0.2, 0) is 4.74 Å². The van der Waals surface area contributed by atoms with Crippen molar-refractivity contribution in [3.63, 3.8) is 0 Å². The van der Waals surface area contributed by atoms with Gasteiger partial charge in [-0.25, -0.2) is 4.79 Å². The van der Waals surface area contributed by atoms with Gasteiger partial charge >= 0.3 is 6.09 Å². The van der Waals surface area contributed by atoms with E-state index in [4.69, 9.17) is 18.9 Å². The molecule has 1 fully saturated rings. The maximum Gasteiger partial charge on any atom is 0.410 e. The largest absolute Gasteiger partial charge is 0.493 e. The van der Waals surface area contributed by atoms with E-state index < -0.39 is 5.60 Å². The number of amides is 2. The molecule has 2 rings (SSSR count). The molecule has 28 heavy (non-hydrogen) atoms. The Bertz CT molecular complexity index is 713. The molecule has 1 aliphatic rings. The predicted octanol–water partition coefficient (Wildman–Crippen LogP) is 2.80. The van der Waals surface area contributed by atoms with Crippen molar-refractivity contribution in [3.8, 4) is 17.2 Å². The van der Waals surface area contributed by atoms with E-state index in [2.05, 4.69) is 0 Å². The molecule has 0 aliphatic carbocycles. The molecule has 0 N–H and O–H groups in total. The third-order valence-corrected chi connectivity index (χ3v) is 4.37. The van der Waals surface area contributed by atoms with E-state index in [1.54, 1.807) is 21.9 Å². The zero-order chi connectivity index (χ0) is 20.9. The summed E-state index contributed by atoms with van der Waals surface area (Å²) in [4.78, 5) is 28.8. The van der Waals surface area contributed by atoms with E-state index in [-0.39, 0.29) is 12.0 Å². The van der Waals surface area contributed by atoms with Crippen molar-refractivity contribution in [2.75, 3.05) is 47.5 Å². The number of carbonyl (C=O) groups excluding carboxylic acids is 2. The van der Waals surface area contributed by atoms with Crippen molar-refractivity contribution in [1.29, 1.82) is 0 Å². The molecule has 1 aliphatic heterocycles. The fraction of sp³-hybridized carbons (Fsp3) is 0.600. The lowest BCUT2D eigenvalue weighted by atomic mass is 10.1. The van der Waals surface area contributed by atoms with Gasteiger partial charge in [0.15, 0.2) is 11.5 Å². The lowest BCUT2D eigenvalue weighted by Gasteiger charge is -2.26. The minimum absolute atomic E-state index is 0.177. The van der Waals surface area contributed by atoms with Crippen LogP contribution in [0, 0.1) is 0 Å².